The second kappa shape index (κ2) is 5.08. The van der Waals surface area contributed by atoms with Gasteiger partial charge in [-0.25, -0.2) is 0 Å². The minimum absolute atomic E-state index is 0.152. The molecule has 0 radical (unpaired) electrons. The van der Waals surface area contributed by atoms with E-state index in [0.717, 1.165) is 14.3 Å². The summed E-state index contributed by atoms with van der Waals surface area (Å²) in [4.78, 5) is 16.4. The highest BCUT2D eigenvalue weighted by Gasteiger charge is 2.29. The van der Waals surface area contributed by atoms with E-state index in [0.29, 0.717) is 16.7 Å². The summed E-state index contributed by atoms with van der Waals surface area (Å²) in [5, 5.41) is 10.4. The summed E-state index contributed by atoms with van der Waals surface area (Å²) >= 11 is 9.51. The number of hydrogen-bond acceptors (Lipinski definition) is 6. The molecule has 0 unspecified atom stereocenters. The summed E-state index contributed by atoms with van der Waals surface area (Å²) in [7, 11) is 0. The van der Waals surface area contributed by atoms with E-state index in [1.165, 1.54) is 18.3 Å². The molecule has 0 aromatic carbocycles. The molecule has 3 heterocycles. The number of nitrogens with zero attached hydrogens (tertiary/aromatic N) is 2. The van der Waals surface area contributed by atoms with Crippen LogP contribution in [-0.4, -0.2) is 16.0 Å². The number of rotatable bonds is 3. The molecule has 0 aliphatic carbocycles. The van der Waals surface area contributed by atoms with Crippen molar-refractivity contribution in [1.82, 2.24) is 15.5 Å². The number of halogens is 1. The van der Waals surface area contributed by atoms with Gasteiger partial charge in [0.2, 0.25) is 5.91 Å². The third-order valence-corrected chi connectivity index (χ3v) is 5.67. The van der Waals surface area contributed by atoms with Gasteiger partial charge in [0.05, 0.1) is 14.6 Å². The predicted octanol–water partition coefficient (Wildman–Crippen LogP) is 4.04. The van der Waals surface area contributed by atoms with Gasteiger partial charge in [0.25, 0.3) is 5.89 Å². The first-order chi connectivity index (χ1) is 9.88. The Balaban J connectivity index is 2.00. The standard InChI is InChI=1S/C13H12ClN3O2S2/c1-6(18)16-13(2,3)12-15-10(19-17-12)9-8(14)7-4-5-20-11(7)21-9/h4-5H,1-3H3,(H,16,18). The molecule has 8 heteroatoms. The van der Waals surface area contributed by atoms with Gasteiger partial charge in [0.15, 0.2) is 5.82 Å². The molecule has 0 bridgehead atoms. The molecule has 1 N–H and O–H groups in total. The summed E-state index contributed by atoms with van der Waals surface area (Å²) < 4.78 is 6.44. The zero-order valence-corrected chi connectivity index (χ0v) is 13.9. The van der Waals surface area contributed by atoms with Gasteiger partial charge < -0.3 is 9.84 Å². The van der Waals surface area contributed by atoms with E-state index in [2.05, 4.69) is 15.5 Å². The van der Waals surface area contributed by atoms with Crippen LogP contribution in [0.3, 0.4) is 0 Å². The molecule has 0 saturated heterocycles. The predicted molar refractivity (Wildman–Crippen MR) is 84.8 cm³/mol. The average Bonchev–Trinajstić information content (AvgIpc) is 3.05. The molecule has 0 aliphatic heterocycles. The van der Waals surface area contributed by atoms with Crippen molar-refractivity contribution >= 4 is 49.6 Å². The highest BCUT2D eigenvalue weighted by molar-refractivity contribution is 7.39. The summed E-state index contributed by atoms with van der Waals surface area (Å²) in [6.45, 7) is 5.09. The molecule has 5 nitrogen and oxygen atoms in total. The van der Waals surface area contributed by atoms with Gasteiger partial charge in [-0.1, -0.05) is 16.8 Å². The number of amides is 1. The summed E-state index contributed by atoms with van der Waals surface area (Å²) in [6, 6.07) is 1.97. The van der Waals surface area contributed by atoms with Gasteiger partial charge in [0.1, 0.15) is 4.88 Å². The molecule has 0 spiro atoms. The van der Waals surface area contributed by atoms with Crippen molar-refractivity contribution in [3.05, 3.63) is 22.3 Å². The number of aromatic nitrogens is 2. The molecule has 110 valence electrons. The van der Waals surface area contributed by atoms with Crippen molar-refractivity contribution in [2.24, 2.45) is 0 Å². The maximum Gasteiger partial charge on any atom is 0.269 e. The van der Waals surface area contributed by atoms with E-state index in [-0.39, 0.29) is 5.91 Å². The van der Waals surface area contributed by atoms with Gasteiger partial charge in [-0.05, 0) is 25.3 Å². The zero-order valence-electron chi connectivity index (χ0n) is 11.6. The van der Waals surface area contributed by atoms with E-state index in [1.807, 2.05) is 25.3 Å². The third-order valence-electron chi connectivity index (χ3n) is 2.93. The number of nitrogens with one attached hydrogen (secondary N) is 1. The Morgan fingerprint density at radius 3 is 2.90 bits per heavy atom. The van der Waals surface area contributed by atoms with Crippen LogP contribution in [0.25, 0.3) is 20.2 Å². The number of fused-ring (bicyclic) bond motifs is 1. The quantitative estimate of drug-likeness (QED) is 0.780. The summed E-state index contributed by atoms with van der Waals surface area (Å²) in [6.07, 6.45) is 0. The monoisotopic (exact) mass is 341 g/mol. The van der Waals surface area contributed by atoms with Crippen LogP contribution in [0.15, 0.2) is 16.0 Å². The molecule has 21 heavy (non-hydrogen) atoms. The molecule has 3 aromatic heterocycles. The van der Waals surface area contributed by atoms with Crippen molar-refractivity contribution in [3.8, 4) is 10.8 Å². The number of hydrogen-bond donors (Lipinski definition) is 1. The maximum absolute atomic E-state index is 11.2. The Kier molecular flexibility index (Phi) is 3.51. The largest absolute Gasteiger partial charge is 0.344 e. The normalized spacial score (nSPS) is 12.0. The van der Waals surface area contributed by atoms with E-state index >= 15 is 0 Å². The highest BCUT2D eigenvalue weighted by atomic mass is 35.5. The lowest BCUT2D eigenvalue weighted by Gasteiger charge is -2.20. The maximum atomic E-state index is 11.2. The molecule has 3 rings (SSSR count). The van der Waals surface area contributed by atoms with Gasteiger partial charge in [-0.2, -0.15) is 4.98 Å². The highest BCUT2D eigenvalue weighted by Crippen LogP contribution is 2.43. The first-order valence-corrected chi connectivity index (χ1v) is 8.24. The SMILES string of the molecule is CC(=O)NC(C)(C)c1noc(-c2sc3sccc3c2Cl)n1. The van der Waals surface area contributed by atoms with E-state index < -0.39 is 5.54 Å². The van der Waals surface area contributed by atoms with Crippen LogP contribution in [0.1, 0.15) is 26.6 Å². The van der Waals surface area contributed by atoms with Crippen LogP contribution in [-0.2, 0) is 10.3 Å². The number of carbonyl (C=O) groups excluding carboxylic acids is 1. The zero-order chi connectivity index (χ0) is 15.2. The Bertz CT molecular complexity index is 818. The van der Waals surface area contributed by atoms with Crippen molar-refractivity contribution in [2.75, 3.05) is 0 Å². The van der Waals surface area contributed by atoms with Crippen LogP contribution in [0.5, 0.6) is 0 Å². The first-order valence-electron chi connectivity index (χ1n) is 6.17. The van der Waals surface area contributed by atoms with Gasteiger partial charge in [-0.3, -0.25) is 4.79 Å². The molecule has 3 aromatic rings. The van der Waals surface area contributed by atoms with Crippen LogP contribution in [0.4, 0.5) is 0 Å². The Morgan fingerprint density at radius 1 is 1.48 bits per heavy atom. The van der Waals surface area contributed by atoms with Crippen LogP contribution < -0.4 is 5.32 Å². The minimum atomic E-state index is -0.700. The van der Waals surface area contributed by atoms with Gasteiger partial charge in [-0.15, -0.1) is 22.7 Å². The average molecular weight is 342 g/mol. The molecular weight excluding hydrogens is 330 g/mol. The van der Waals surface area contributed by atoms with Crippen molar-refractivity contribution in [1.29, 1.82) is 0 Å². The molecule has 0 atom stereocenters. The Labute approximate surface area is 133 Å². The Morgan fingerprint density at radius 2 is 2.24 bits per heavy atom. The van der Waals surface area contributed by atoms with E-state index in [9.17, 15) is 4.79 Å². The fourth-order valence-corrected chi connectivity index (χ4v) is 4.54. The topological polar surface area (TPSA) is 68.0 Å². The molecule has 0 fully saturated rings. The van der Waals surface area contributed by atoms with Crippen LogP contribution in [0.2, 0.25) is 5.02 Å². The van der Waals surface area contributed by atoms with Gasteiger partial charge >= 0.3 is 0 Å². The lowest BCUT2D eigenvalue weighted by molar-refractivity contribution is -0.120. The molecule has 1 amide bonds. The van der Waals surface area contributed by atoms with Crippen molar-refractivity contribution < 1.29 is 9.32 Å². The van der Waals surface area contributed by atoms with Crippen molar-refractivity contribution in [2.45, 2.75) is 26.3 Å². The number of carbonyl (C=O) groups is 1. The first kappa shape index (κ1) is 14.5. The van der Waals surface area contributed by atoms with Crippen LogP contribution >= 0.6 is 34.3 Å². The molecule has 0 aliphatic rings. The second-order valence-electron chi connectivity index (χ2n) is 5.10. The van der Waals surface area contributed by atoms with E-state index in [4.69, 9.17) is 16.1 Å². The molecular formula is C13H12ClN3O2S2. The minimum Gasteiger partial charge on any atom is -0.344 e. The lowest BCUT2D eigenvalue weighted by atomic mass is 10.1. The number of thiophene rings is 2. The molecule has 0 saturated carbocycles. The third kappa shape index (κ3) is 2.56. The summed E-state index contributed by atoms with van der Waals surface area (Å²) in [5.41, 5.74) is -0.700. The van der Waals surface area contributed by atoms with Crippen LogP contribution in [0, 0.1) is 0 Å². The fraction of sp³-hybridized carbons (Fsp3) is 0.308. The lowest BCUT2D eigenvalue weighted by Crippen LogP contribution is -2.40. The smallest absolute Gasteiger partial charge is 0.269 e. The van der Waals surface area contributed by atoms with E-state index in [1.54, 1.807) is 11.3 Å². The summed E-state index contributed by atoms with van der Waals surface area (Å²) in [5.74, 6) is 0.642. The van der Waals surface area contributed by atoms with Gasteiger partial charge in [0, 0.05) is 12.3 Å². The Hall–Kier alpha value is -1.44. The fourth-order valence-electron chi connectivity index (χ4n) is 2.00. The second-order valence-corrected chi connectivity index (χ2v) is 7.67. The van der Waals surface area contributed by atoms with Crippen molar-refractivity contribution in [3.63, 3.8) is 0 Å².